The fourth-order valence-corrected chi connectivity index (χ4v) is 3.02. The van der Waals surface area contributed by atoms with Gasteiger partial charge in [-0.3, -0.25) is 4.79 Å². The summed E-state index contributed by atoms with van der Waals surface area (Å²) in [6, 6.07) is 8.60. The Bertz CT molecular complexity index is 834. The normalized spacial score (nSPS) is 11.3. The second-order valence-electron chi connectivity index (χ2n) is 6.99. The van der Waals surface area contributed by atoms with Crippen molar-refractivity contribution in [2.75, 3.05) is 28.2 Å². The predicted octanol–water partition coefficient (Wildman–Crippen LogP) is 5.14. The minimum atomic E-state index is -0.162. The second kappa shape index (κ2) is 10.8. The molecule has 7 heteroatoms. The Morgan fingerprint density at radius 1 is 0.964 bits per heavy atom. The number of nitrogens with zero attached hydrogens (tertiary/aromatic N) is 2. The van der Waals surface area contributed by atoms with Crippen molar-refractivity contribution >= 4 is 47.5 Å². The zero-order chi connectivity index (χ0) is 20.1. The van der Waals surface area contributed by atoms with E-state index in [4.69, 9.17) is 23.2 Å². The number of benzene rings is 2. The van der Waals surface area contributed by atoms with Crippen LogP contribution in [0.4, 0.5) is 0 Å². The third-order valence-corrected chi connectivity index (χ3v) is 4.63. The zero-order valence-corrected chi connectivity index (χ0v) is 18.7. The van der Waals surface area contributed by atoms with Crippen LogP contribution in [-0.4, -0.2) is 48.9 Å². The van der Waals surface area contributed by atoms with Gasteiger partial charge in [-0.2, -0.15) is 0 Å². The number of carbonyl (C=O) groups excluding carboxylic acids is 1. The van der Waals surface area contributed by atoms with Crippen LogP contribution in [0.25, 0.3) is 6.08 Å². The monoisotopic (exact) mass is 442 g/mol. The van der Waals surface area contributed by atoms with E-state index in [9.17, 15) is 9.90 Å². The molecule has 0 radical (unpaired) electrons. The van der Waals surface area contributed by atoms with Crippen LogP contribution in [0.3, 0.4) is 0 Å². The molecule has 2 aromatic carbocycles. The summed E-state index contributed by atoms with van der Waals surface area (Å²) in [6.07, 6.45) is 3.26. The van der Waals surface area contributed by atoms with Crippen LogP contribution in [0.5, 0.6) is 5.75 Å². The average Bonchev–Trinajstić information content (AvgIpc) is 2.58. The number of rotatable bonds is 7. The van der Waals surface area contributed by atoms with E-state index in [1.165, 1.54) is 6.08 Å². The third kappa shape index (κ3) is 6.80. The summed E-state index contributed by atoms with van der Waals surface area (Å²) in [4.78, 5) is 16.4. The number of hydrogen-bond donors (Lipinski definition) is 1. The molecule has 4 nitrogen and oxygen atoms in total. The van der Waals surface area contributed by atoms with Crippen molar-refractivity contribution in [3.63, 3.8) is 0 Å². The highest BCUT2D eigenvalue weighted by Gasteiger charge is 2.12. The Labute approximate surface area is 182 Å². The van der Waals surface area contributed by atoms with Crippen LogP contribution in [0.1, 0.15) is 27.0 Å². The summed E-state index contributed by atoms with van der Waals surface area (Å²) in [5.41, 5.74) is 2.97. The molecule has 0 fully saturated rings. The van der Waals surface area contributed by atoms with Gasteiger partial charge in [0.1, 0.15) is 5.75 Å². The lowest BCUT2D eigenvalue weighted by atomic mass is 10.0. The molecule has 2 aromatic rings. The molecule has 1 N–H and O–H groups in total. The predicted molar refractivity (Wildman–Crippen MR) is 120 cm³/mol. The Balaban J connectivity index is 0.00000392. The number of phenolic OH excluding ortho intramolecular Hbond substituents is 1. The molecular formula is C21H25Cl3N2O2. The summed E-state index contributed by atoms with van der Waals surface area (Å²) >= 11 is 11.9. The fourth-order valence-electron chi connectivity index (χ4n) is 2.72. The maximum absolute atomic E-state index is 12.4. The van der Waals surface area contributed by atoms with Crippen molar-refractivity contribution in [1.29, 1.82) is 0 Å². The van der Waals surface area contributed by atoms with Crippen LogP contribution < -0.4 is 0 Å². The Morgan fingerprint density at radius 3 is 1.96 bits per heavy atom. The molecular weight excluding hydrogens is 419 g/mol. The molecule has 0 aromatic heterocycles. The van der Waals surface area contributed by atoms with Crippen LogP contribution in [0.15, 0.2) is 36.4 Å². The molecule has 2 rings (SSSR count). The number of aromatic hydroxyl groups is 1. The number of phenols is 1. The minimum absolute atomic E-state index is 0. The number of carbonyl (C=O) groups is 1. The van der Waals surface area contributed by atoms with Crippen molar-refractivity contribution in [3.05, 3.63) is 68.7 Å². The van der Waals surface area contributed by atoms with E-state index in [1.807, 2.05) is 50.1 Å². The quantitative estimate of drug-likeness (QED) is 0.475. The average molecular weight is 444 g/mol. The first-order chi connectivity index (χ1) is 12.7. The molecule has 0 aliphatic carbocycles. The second-order valence-corrected chi connectivity index (χ2v) is 7.80. The van der Waals surface area contributed by atoms with Gasteiger partial charge in [-0.15, -0.1) is 12.4 Å². The summed E-state index contributed by atoms with van der Waals surface area (Å²) in [5, 5.41) is 11.3. The summed E-state index contributed by atoms with van der Waals surface area (Å²) in [5.74, 6) is 0.135. The molecule has 0 aliphatic heterocycles. The molecule has 0 heterocycles. The van der Waals surface area contributed by atoms with E-state index in [-0.39, 0.29) is 18.2 Å². The van der Waals surface area contributed by atoms with Gasteiger partial charge >= 0.3 is 0 Å². The van der Waals surface area contributed by atoms with Gasteiger partial charge in [-0.1, -0.05) is 29.3 Å². The maximum Gasteiger partial charge on any atom is 0.185 e. The lowest BCUT2D eigenvalue weighted by Crippen LogP contribution is -2.14. The smallest absolute Gasteiger partial charge is 0.185 e. The molecule has 152 valence electrons. The Hall–Kier alpha value is -1.56. The molecule has 0 amide bonds. The summed E-state index contributed by atoms with van der Waals surface area (Å²) < 4.78 is 0. The highest BCUT2D eigenvalue weighted by Crippen LogP contribution is 2.28. The molecule has 0 saturated carbocycles. The van der Waals surface area contributed by atoms with Gasteiger partial charge < -0.3 is 14.9 Å². The van der Waals surface area contributed by atoms with Gasteiger partial charge in [-0.25, -0.2) is 0 Å². The SMILES string of the molecule is CN(C)Cc1cc(C=CC(=O)c2ccc(Cl)c(Cl)c2)cc(CN(C)C)c1O.Cl. The highest BCUT2D eigenvalue weighted by molar-refractivity contribution is 6.42. The van der Waals surface area contributed by atoms with Gasteiger partial charge in [-0.05, 0) is 70.2 Å². The van der Waals surface area contributed by atoms with Crippen LogP contribution in [0, 0.1) is 0 Å². The van der Waals surface area contributed by atoms with Crippen LogP contribution in [0.2, 0.25) is 10.0 Å². The van der Waals surface area contributed by atoms with Crippen LogP contribution in [-0.2, 0) is 13.1 Å². The van der Waals surface area contributed by atoms with Crippen molar-refractivity contribution in [1.82, 2.24) is 9.80 Å². The van der Waals surface area contributed by atoms with E-state index in [2.05, 4.69) is 0 Å². The van der Waals surface area contributed by atoms with E-state index in [1.54, 1.807) is 24.3 Å². The van der Waals surface area contributed by atoms with Gasteiger partial charge in [0.15, 0.2) is 5.78 Å². The van der Waals surface area contributed by atoms with Gasteiger partial charge in [0.2, 0.25) is 0 Å². The number of halogens is 3. The van der Waals surface area contributed by atoms with Crippen molar-refractivity contribution in [3.8, 4) is 5.75 Å². The fraction of sp³-hybridized carbons (Fsp3) is 0.286. The van der Waals surface area contributed by atoms with E-state index >= 15 is 0 Å². The van der Waals surface area contributed by atoms with Crippen molar-refractivity contribution < 1.29 is 9.90 Å². The lowest BCUT2D eigenvalue weighted by molar-refractivity contribution is 0.104. The van der Waals surface area contributed by atoms with E-state index in [0.29, 0.717) is 34.4 Å². The number of hydrogen-bond acceptors (Lipinski definition) is 4. The Kier molecular flexibility index (Phi) is 9.48. The molecule has 0 spiro atoms. The molecule has 0 atom stereocenters. The van der Waals surface area contributed by atoms with Crippen molar-refractivity contribution in [2.24, 2.45) is 0 Å². The first kappa shape index (κ1) is 24.5. The first-order valence-corrected chi connectivity index (χ1v) is 9.24. The van der Waals surface area contributed by atoms with E-state index in [0.717, 1.165) is 16.7 Å². The largest absolute Gasteiger partial charge is 0.507 e. The minimum Gasteiger partial charge on any atom is -0.507 e. The summed E-state index contributed by atoms with van der Waals surface area (Å²) in [6.45, 7) is 1.21. The van der Waals surface area contributed by atoms with Gasteiger partial charge in [0, 0.05) is 29.8 Å². The molecule has 0 unspecified atom stereocenters. The lowest BCUT2D eigenvalue weighted by Gasteiger charge is -2.17. The standard InChI is InChI=1S/C21H24Cl2N2O2.ClH/c1-24(2)12-16-9-14(10-17(21(16)27)13-25(3)4)5-8-20(26)15-6-7-18(22)19(23)11-15;/h5-11,27H,12-13H2,1-4H3;1H. The highest BCUT2D eigenvalue weighted by atomic mass is 35.5. The van der Waals surface area contributed by atoms with E-state index < -0.39 is 0 Å². The van der Waals surface area contributed by atoms with Crippen LogP contribution >= 0.6 is 35.6 Å². The molecule has 28 heavy (non-hydrogen) atoms. The Morgan fingerprint density at radius 2 is 1.50 bits per heavy atom. The zero-order valence-electron chi connectivity index (χ0n) is 16.4. The molecule has 0 bridgehead atoms. The maximum atomic E-state index is 12.4. The number of ketones is 1. The molecule has 0 saturated heterocycles. The summed E-state index contributed by atoms with van der Waals surface area (Å²) in [7, 11) is 7.78. The van der Waals surface area contributed by atoms with Gasteiger partial charge in [0.25, 0.3) is 0 Å². The van der Waals surface area contributed by atoms with Crippen molar-refractivity contribution in [2.45, 2.75) is 13.1 Å². The third-order valence-electron chi connectivity index (χ3n) is 3.89. The molecule has 0 aliphatic rings. The number of allylic oxidation sites excluding steroid dienone is 1. The van der Waals surface area contributed by atoms with Gasteiger partial charge in [0.05, 0.1) is 10.0 Å². The topological polar surface area (TPSA) is 43.8 Å². The first-order valence-electron chi connectivity index (χ1n) is 8.49.